The monoisotopic (exact) mass is 322 g/mol. The molecule has 0 amide bonds. The minimum Gasteiger partial charge on any atom is -0.465 e. The zero-order valence-corrected chi connectivity index (χ0v) is 14.4. The van der Waals surface area contributed by atoms with Gasteiger partial charge in [-0.25, -0.2) is 10.2 Å². The highest BCUT2D eigenvalue weighted by atomic mass is 31.2. The van der Waals surface area contributed by atoms with E-state index in [2.05, 4.69) is 10.2 Å². The average Bonchev–Trinajstić information content (AvgIpc) is 2.40. The first kappa shape index (κ1) is 20.1. The summed E-state index contributed by atoms with van der Waals surface area (Å²) in [5.74, 6) is -0.941. The van der Waals surface area contributed by atoms with E-state index in [9.17, 15) is 14.2 Å². The van der Waals surface area contributed by atoms with Crippen LogP contribution in [0.3, 0.4) is 0 Å². The normalized spacial score (nSPS) is 14.3. The summed E-state index contributed by atoms with van der Waals surface area (Å²) in [4.78, 5) is 23.2. The molecule has 0 aliphatic heterocycles. The summed E-state index contributed by atoms with van der Waals surface area (Å²) < 4.78 is 22.3. The van der Waals surface area contributed by atoms with E-state index in [1.807, 2.05) is 13.8 Å². The molecule has 0 aromatic heterocycles. The molecule has 0 saturated carbocycles. The lowest BCUT2D eigenvalue weighted by Gasteiger charge is -2.23. The van der Waals surface area contributed by atoms with E-state index in [-0.39, 0.29) is 0 Å². The molecule has 0 aromatic carbocycles. The van der Waals surface area contributed by atoms with Crippen LogP contribution in [-0.2, 0) is 23.6 Å². The van der Waals surface area contributed by atoms with Crippen LogP contribution in [0.5, 0.6) is 0 Å². The van der Waals surface area contributed by atoms with Gasteiger partial charge < -0.3 is 9.47 Å². The van der Waals surface area contributed by atoms with E-state index in [4.69, 9.17) is 9.47 Å². The molecular weight excluding hydrogens is 295 g/mol. The van der Waals surface area contributed by atoms with Crippen LogP contribution >= 0.6 is 7.44 Å². The lowest BCUT2D eigenvalue weighted by Crippen LogP contribution is -2.41. The first-order chi connectivity index (χ1) is 9.73. The first-order valence-corrected chi connectivity index (χ1v) is 9.35. The number of carbonyl (C=O) groups is 2. The number of hydrogen-bond acceptors (Lipinski definition) is 5. The molecule has 0 rings (SSSR count). The van der Waals surface area contributed by atoms with Crippen LogP contribution in [-0.4, -0.2) is 43.9 Å². The Labute approximate surface area is 126 Å². The van der Waals surface area contributed by atoms with Gasteiger partial charge in [-0.1, -0.05) is 13.8 Å². The van der Waals surface area contributed by atoms with E-state index in [1.54, 1.807) is 13.8 Å². The fraction of sp³-hybridized carbons (Fsp3) is 0.846. The maximum Gasteiger partial charge on any atom is 0.323 e. The van der Waals surface area contributed by atoms with E-state index in [0.29, 0.717) is 13.2 Å². The zero-order valence-electron chi connectivity index (χ0n) is 13.5. The quantitative estimate of drug-likeness (QED) is 0.467. The largest absolute Gasteiger partial charge is 0.465 e. The van der Waals surface area contributed by atoms with Gasteiger partial charge in [0.05, 0.1) is 13.2 Å². The lowest BCUT2D eigenvalue weighted by atomic mass is 10.4. The van der Waals surface area contributed by atoms with E-state index >= 15 is 0 Å². The van der Waals surface area contributed by atoms with Crippen molar-refractivity contribution in [1.29, 1.82) is 0 Å². The van der Waals surface area contributed by atoms with Crippen molar-refractivity contribution in [2.45, 2.75) is 52.6 Å². The summed E-state index contributed by atoms with van der Waals surface area (Å²) in [7, 11) is -3.08. The summed E-state index contributed by atoms with van der Waals surface area (Å²) in [6.45, 7) is 8.98. The van der Waals surface area contributed by atoms with Gasteiger partial charge in [0, 0.05) is 6.66 Å². The van der Waals surface area contributed by atoms with Crippen LogP contribution < -0.4 is 10.2 Å². The maximum absolute atomic E-state index is 12.4. The van der Waals surface area contributed by atoms with Crippen molar-refractivity contribution in [3.8, 4) is 0 Å². The molecule has 0 radical (unpaired) electrons. The third-order valence-electron chi connectivity index (χ3n) is 2.48. The Balaban J connectivity index is 4.38. The van der Waals surface area contributed by atoms with E-state index in [0.717, 1.165) is 12.8 Å². The van der Waals surface area contributed by atoms with Gasteiger partial charge in [0.2, 0.25) is 7.44 Å². The number of carbonyl (C=O) groups excluding carboxylic acids is 2. The summed E-state index contributed by atoms with van der Waals surface area (Å²) in [6, 6.07) is -1.45. The second-order valence-electron chi connectivity index (χ2n) is 4.96. The Morgan fingerprint density at radius 2 is 1.29 bits per heavy atom. The van der Waals surface area contributed by atoms with Crippen LogP contribution in [0.15, 0.2) is 0 Å². The third-order valence-corrected chi connectivity index (χ3v) is 4.24. The Hall–Kier alpha value is -0.910. The second-order valence-corrected chi connectivity index (χ2v) is 7.33. The minimum atomic E-state index is -3.08. The predicted octanol–water partition coefficient (Wildman–Crippen LogP) is 1.67. The number of ether oxygens (including phenoxy) is 2. The van der Waals surface area contributed by atoms with Gasteiger partial charge in [-0.3, -0.25) is 14.2 Å². The molecule has 124 valence electrons. The van der Waals surface area contributed by atoms with Crippen molar-refractivity contribution in [2.24, 2.45) is 0 Å². The molecule has 8 heteroatoms. The molecule has 21 heavy (non-hydrogen) atoms. The van der Waals surface area contributed by atoms with Crippen LogP contribution in [0.4, 0.5) is 0 Å². The van der Waals surface area contributed by atoms with E-state index in [1.165, 1.54) is 6.66 Å². The van der Waals surface area contributed by atoms with Crippen LogP contribution in [0.1, 0.15) is 40.5 Å². The molecule has 0 bridgehead atoms. The van der Waals surface area contributed by atoms with Crippen molar-refractivity contribution < 1.29 is 23.6 Å². The molecule has 0 aliphatic carbocycles. The number of rotatable bonds is 10. The van der Waals surface area contributed by atoms with Gasteiger partial charge in [-0.05, 0) is 26.7 Å². The molecule has 2 atom stereocenters. The molecular formula is C13H27N2O5P. The third kappa shape index (κ3) is 8.86. The zero-order chi connectivity index (χ0) is 16.5. The Morgan fingerprint density at radius 3 is 1.57 bits per heavy atom. The SMILES string of the molecule is CCCOC(=O)[C@H](C)NP(C)(=O)N[C@@H](C)C(=O)OCCC. The van der Waals surface area contributed by atoms with Crippen molar-refractivity contribution in [3.63, 3.8) is 0 Å². The molecule has 0 heterocycles. The predicted molar refractivity (Wildman–Crippen MR) is 81.2 cm³/mol. The highest BCUT2D eigenvalue weighted by Crippen LogP contribution is 2.32. The molecule has 0 aromatic rings. The summed E-state index contributed by atoms with van der Waals surface area (Å²) in [5.41, 5.74) is 0. The minimum absolute atomic E-state index is 0.325. The molecule has 2 N–H and O–H groups in total. The van der Waals surface area contributed by atoms with Crippen LogP contribution in [0, 0.1) is 0 Å². The summed E-state index contributed by atoms with van der Waals surface area (Å²) in [6.07, 6.45) is 1.45. The van der Waals surface area contributed by atoms with Gasteiger partial charge in [0.1, 0.15) is 12.1 Å². The first-order valence-electron chi connectivity index (χ1n) is 7.19. The molecule has 0 spiro atoms. The summed E-state index contributed by atoms with van der Waals surface area (Å²) in [5, 5.41) is 5.34. The van der Waals surface area contributed by atoms with Gasteiger partial charge in [0.15, 0.2) is 0 Å². The fourth-order valence-corrected chi connectivity index (χ4v) is 3.30. The molecule has 0 aliphatic rings. The molecule has 0 saturated heterocycles. The second kappa shape index (κ2) is 9.92. The van der Waals surface area contributed by atoms with Gasteiger partial charge in [-0.15, -0.1) is 0 Å². The number of hydrogen-bond donors (Lipinski definition) is 2. The van der Waals surface area contributed by atoms with Gasteiger partial charge in [-0.2, -0.15) is 0 Å². The topological polar surface area (TPSA) is 93.7 Å². The fourth-order valence-electron chi connectivity index (χ4n) is 1.54. The standard InChI is InChI=1S/C13H27N2O5P/c1-6-8-19-12(16)10(3)14-21(5,18)15-11(4)13(17)20-9-7-2/h10-11H,6-9H2,1-5H3,(H2,14,15,18)/t10-,11-/m0/s1. The lowest BCUT2D eigenvalue weighted by molar-refractivity contribution is -0.145. The van der Waals surface area contributed by atoms with E-state index < -0.39 is 31.5 Å². The smallest absolute Gasteiger partial charge is 0.323 e. The van der Waals surface area contributed by atoms with Gasteiger partial charge >= 0.3 is 11.9 Å². The Kier molecular flexibility index (Phi) is 9.49. The van der Waals surface area contributed by atoms with Crippen LogP contribution in [0.25, 0.3) is 0 Å². The van der Waals surface area contributed by atoms with Crippen LogP contribution in [0.2, 0.25) is 0 Å². The maximum atomic E-state index is 12.4. The molecule has 7 nitrogen and oxygen atoms in total. The van der Waals surface area contributed by atoms with Crippen molar-refractivity contribution in [1.82, 2.24) is 10.2 Å². The van der Waals surface area contributed by atoms with Crippen molar-refractivity contribution >= 4 is 19.4 Å². The van der Waals surface area contributed by atoms with Crippen molar-refractivity contribution in [2.75, 3.05) is 19.9 Å². The number of esters is 2. The number of nitrogens with one attached hydrogen (secondary N) is 2. The highest BCUT2D eigenvalue weighted by Gasteiger charge is 2.27. The summed E-state index contributed by atoms with van der Waals surface area (Å²) >= 11 is 0. The Morgan fingerprint density at radius 1 is 0.952 bits per heavy atom. The molecule has 0 fully saturated rings. The Bertz CT molecular complexity index is 357. The molecule has 0 unspecified atom stereocenters. The van der Waals surface area contributed by atoms with Crippen molar-refractivity contribution in [3.05, 3.63) is 0 Å². The van der Waals surface area contributed by atoms with Gasteiger partial charge in [0.25, 0.3) is 0 Å². The highest BCUT2D eigenvalue weighted by molar-refractivity contribution is 7.59. The average molecular weight is 322 g/mol.